The molecule has 1 fully saturated rings. The normalized spacial score (nSPS) is 14.9. The highest BCUT2D eigenvalue weighted by Crippen LogP contribution is 2.39. The Morgan fingerprint density at radius 1 is 1.14 bits per heavy atom. The van der Waals surface area contributed by atoms with E-state index in [1.165, 1.54) is 29.5 Å². The Bertz CT molecular complexity index is 1540. The Morgan fingerprint density at radius 2 is 1.90 bits per heavy atom. The quantitative estimate of drug-likeness (QED) is 0.209. The third kappa shape index (κ3) is 8.50. The summed E-state index contributed by atoms with van der Waals surface area (Å²) in [5.74, 6) is 5.73. The van der Waals surface area contributed by atoms with Crippen LogP contribution in [0.1, 0.15) is 23.3 Å². The lowest BCUT2D eigenvalue weighted by molar-refractivity contribution is -0.126. The van der Waals surface area contributed by atoms with Gasteiger partial charge in [-0.3, -0.25) is 0 Å². The van der Waals surface area contributed by atoms with E-state index in [-0.39, 0.29) is 28.8 Å². The van der Waals surface area contributed by atoms with E-state index in [0.717, 1.165) is 49.1 Å². The fourth-order valence-electron chi connectivity index (χ4n) is 4.82. The number of sulfone groups is 1. The molecule has 3 aromatic rings. The predicted octanol–water partition coefficient (Wildman–Crippen LogP) is 5.70. The molecule has 0 radical (unpaired) electrons. The maximum Gasteiger partial charge on any atom is 0.393 e. The number of rotatable bonds is 11. The smallest absolute Gasteiger partial charge is 0.393 e. The van der Waals surface area contributed by atoms with Crippen LogP contribution in [0, 0.1) is 11.8 Å². The predicted molar refractivity (Wildman–Crippen MR) is 158 cm³/mol. The Labute approximate surface area is 247 Å². The number of ether oxygens (including phenoxy) is 2. The first-order chi connectivity index (χ1) is 20.0. The molecule has 0 spiro atoms. The Balaban J connectivity index is 1.55. The van der Waals surface area contributed by atoms with Crippen LogP contribution in [0.25, 0.3) is 10.1 Å². The molecular formula is C29H33F4N3O4S2. The van der Waals surface area contributed by atoms with Crippen LogP contribution in [0.15, 0.2) is 41.3 Å². The second kappa shape index (κ2) is 13.9. The average Bonchev–Trinajstić information content (AvgIpc) is 3.27. The number of piperidine rings is 1. The van der Waals surface area contributed by atoms with Gasteiger partial charge in [0.1, 0.15) is 5.75 Å². The zero-order chi connectivity index (χ0) is 30.3. The number of nitrogens with one attached hydrogen (secondary N) is 2. The summed E-state index contributed by atoms with van der Waals surface area (Å²) in [7, 11) is -1.85. The number of anilines is 2. The molecule has 1 aliphatic heterocycles. The first-order valence-corrected chi connectivity index (χ1v) is 16.0. The maximum atomic E-state index is 13.6. The SMILES string of the molecule is COCCN1CCC(Nc2cccc3c(CC(F)(F)F)c(C#CCNc4ccc(S(C)(=O)=O)cc4OCF)sc23)CC1. The maximum absolute atomic E-state index is 13.6. The van der Waals surface area contributed by atoms with Crippen molar-refractivity contribution in [3.63, 3.8) is 0 Å². The molecule has 0 bridgehead atoms. The van der Waals surface area contributed by atoms with E-state index in [0.29, 0.717) is 22.6 Å². The standard InChI is InChI=1S/C29H33F4N3O4S2/c1-39-16-15-36-13-10-20(11-14-36)35-25-6-3-5-22-23(18-29(31,32)33)27(41-28(22)25)7-4-12-34-24-9-8-21(42(2,37)38)17-26(24)40-19-30/h3,5-6,8-9,17,20,34-35H,10-16,18-19H2,1-2H3. The van der Waals surface area contributed by atoms with Crippen molar-refractivity contribution in [2.75, 3.05) is 63.6 Å². The van der Waals surface area contributed by atoms with E-state index in [2.05, 4.69) is 27.4 Å². The van der Waals surface area contributed by atoms with Gasteiger partial charge in [0, 0.05) is 45.1 Å². The molecule has 13 heteroatoms. The van der Waals surface area contributed by atoms with E-state index in [1.807, 2.05) is 6.07 Å². The van der Waals surface area contributed by atoms with Crippen LogP contribution < -0.4 is 15.4 Å². The second-order valence-corrected chi connectivity index (χ2v) is 13.0. The van der Waals surface area contributed by atoms with Gasteiger partial charge in [-0.15, -0.1) is 11.3 Å². The molecule has 2 N–H and O–H groups in total. The van der Waals surface area contributed by atoms with Gasteiger partial charge in [-0.2, -0.15) is 13.2 Å². The third-order valence-electron chi connectivity index (χ3n) is 6.91. The van der Waals surface area contributed by atoms with E-state index in [4.69, 9.17) is 9.47 Å². The van der Waals surface area contributed by atoms with Crippen molar-refractivity contribution in [3.8, 4) is 17.6 Å². The Kier molecular flexibility index (Phi) is 10.6. The molecule has 2 heterocycles. The minimum atomic E-state index is -4.42. The van der Waals surface area contributed by atoms with Crippen LogP contribution in [-0.4, -0.2) is 78.5 Å². The van der Waals surface area contributed by atoms with Crippen LogP contribution in [0.3, 0.4) is 0 Å². The number of halogens is 4. The lowest BCUT2D eigenvalue weighted by Crippen LogP contribution is -2.40. The molecule has 0 amide bonds. The number of hydrogen-bond donors (Lipinski definition) is 2. The van der Waals surface area contributed by atoms with Crippen molar-refractivity contribution < 1.29 is 35.5 Å². The molecule has 1 saturated heterocycles. The summed E-state index contributed by atoms with van der Waals surface area (Å²) >= 11 is 1.22. The van der Waals surface area contributed by atoms with Crippen LogP contribution in [0.5, 0.6) is 5.75 Å². The van der Waals surface area contributed by atoms with Gasteiger partial charge in [-0.1, -0.05) is 24.0 Å². The molecule has 42 heavy (non-hydrogen) atoms. The molecule has 2 aromatic carbocycles. The Hall–Kier alpha value is -3.05. The van der Waals surface area contributed by atoms with Crippen LogP contribution in [-0.2, 0) is 21.0 Å². The summed E-state index contributed by atoms with van der Waals surface area (Å²) in [4.78, 5) is 2.62. The van der Waals surface area contributed by atoms with Crippen molar-refractivity contribution in [2.45, 2.75) is 36.4 Å². The van der Waals surface area contributed by atoms with E-state index < -0.39 is 29.3 Å². The molecule has 0 atom stereocenters. The summed E-state index contributed by atoms with van der Waals surface area (Å²) < 4.78 is 88.1. The van der Waals surface area contributed by atoms with Gasteiger partial charge in [0.15, 0.2) is 9.84 Å². The number of methoxy groups -OCH3 is 1. The topological polar surface area (TPSA) is 79.9 Å². The number of benzene rings is 2. The van der Waals surface area contributed by atoms with Gasteiger partial charge in [0.25, 0.3) is 0 Å². The van der Waals surface area contributed by atoms with Gasteiger partial charge >= 0.3 is 6.18 Å². The minimum absolute atomic E-state index is 0.00726. The highest BCUT2D eigenvalue weighted by Gasteiger charge is 2.31. The number of hydrogen-bond acceptors (Lipinski definition) is 8. The van der Waals surface area contributed by atoms with Crippen LogP contribution >= 0.6 is 11.3 Å². The molecule has 0 saturated carbocycles. The van der Waals surface area contributed by atoms with Gasteiger partial charge in [0.05, 0.1) is 45.4 Å². The molecule has 1 aliphatic rings. The summed E-state index contributed by atoms with van der Waals surface area (Å²) in [5.41, 5.74) is 1.23. The van der Waals surface area contributed by atoms with E-state index in [1.54, 1.807) is 19.2 Å². The van der Waals surface area contributed by atoms with Crippen molar-refractivity contribution in [1.29, 1.82) is 0 Å². The second-order valence-electron chi connectivity index (χ2n) is 9.98. The largest absolute Gasteiger partial charge is 0.461 e. The van der Waals surface area contributed by atoms with Crippen molar-refractivity contribution >= 4 is 42.6 Å². The molecule has 228 valence electrons. The number of fused-ring (bicyclic) bond motifs is 1. The highest BCUT2D eigenvalue weighted by atomic mass is 32.2. The molecular weight excluding hydrogens is 594 g/mol. The molecule has 0 unspecified atom stereocenters. The number of likely N-dealkylation sites (tertiary alicyclic amines) is 1. The summed E-state index contributed by atoms with van der Waals surface area (Å²) in [6.45, 7) is 2.22. The Morgan fingerprint density at radius 3 is 2.57 bits per heavy atom. The number of alkyl halides is 4. The van der Waals surface area contributed by atoms with Crippen molar-refractivity contribution in [1.82, 2.24) is 4.90 Å². The van der Waals surface area contributed by atoms with Gasteiger partial charge in [-0.05, 0) is 42.0 Å². The summed E-state index contributed by atoms with van der Waals surface area (Å²) in [5, 5.41) is 7.00. The fraction of sp³-hybridized carbons (Fsp3) is 0.448. The first-order valence-electron chi connectivity index (χ1n) is 13.3. The fourth-order valence-corrected chi connectivity index (χ4v) is 6.63. The van der Waals surface area contributed by atoms with Crippen molar-refractivity contribution in [2.24, 2.45) is 0 Å². The molecule has 4 rings (SSSR count). The van der Waals surface area contributed by atoms with Crippen molar-refractivity contribution in [3.05, 3.63) is 46.8 Å². The zero-order valence-corrected chi connectivity index (χ0v) is 24.9. The van der Waals surface area contributed by atoms with Gasteiger partial charge in [-0.25, -0.2) is 12.8 Å². The van der Waals surface area contributed by atoms with Crippen LogP contribution in [0.2, 0.25) is 0 Å². The summed E-state index contributed by atoms with van der Waals surface area (Å²) in [6.07, 6.45) is -2.66. The first kappa shape index (κ1) is 31.9. The van der Waals surface area contributed by atoms with Gasteiger partial charge in [0.2, 0.25) is 6.86 Å². The highest BCUT2D eigenvalue weighted by molar-refractivity contribution is 7.90. The minimum Gasteiger partial charge on any atom is -0.461 e. The molecule has 7 nitrogen and oxygen atoms in total. The van der Waals surface area contributed by atoms with E-state index >= 15 is 0 Å². The van der Waals surface area contributed by atoms with Gasteiger partial charge < -0.3 is 25.0 Å². The molecule has 1 aromatic heterocycles. The monoisotopic (exact) mass is 627 g/mol. The summed E-state index contributed by atoms with van der Waals surface area (Å²) in [6, 6.07) is 9.53. The van der Waals surface area contributed by atoms with E-state index in [9.17, 15) is 26.0 Å². The third-order valence-corrected chi connectivity index (χ3v) is 9.22. The number of nitrogens with zero attached hydrogens (tertiary/aromatic N) is 1. The average molecular weight is 628 g/mol. The lowest BCUT2D eigenvalue weighted by atomic mass is 10.0. The van der Waals surface area contributed by atoms with Crippen LogP contribution in [0.4, 0.5) is 28.9 Å². The lowest BCUT2D eigenvalue weighted by Gasteiger charge is -2.32. The zero-order valence-electron chi connectivity index (χ0n) is 23.3. The molecule has 0 aliphatic carbocycles. The number of thiophene rings is 1.